The van der Waals surface area contributed by atoms with Gasteiger partial charge in [-0.25, -0.2) is 4.90 Å². The van der Waals surface area contributed by atoms with E-state index in [1.165, 1.54) is 18.6 Å². The molecule has 2 fully saturated rings. The molecule has 136 valence electrons. The number of benzene rings is 1. The van der Waals surface area contributed by atoms with Crippen LogP contribution in [0.4, 0.5) is 18.9 Å². The molecule has 2 amide bonds. The average Bonchev–Trinajstić information content (AvgIpc) is 2.82. The van der Waals surface area contributed by atoms with Crippen molar-refractivity contribution in [2.75, 3.05) is 4.90 Å². The van der Waals surface area contributed by atoms with Gasteiger partial charge in [0, 0.05) is 0 Å². The maximum absolute atomic E-state index is 12.6. The van der Waals surface area contributed by atoms with Crippen LogP contribution < -0.4 is 15.0 Å². The minimum Gasteiger partial charge on any atom is -0.406 e. The van der Waals surface area contributed by atoms with Crippen molar-refractivity contribution in [3.05, 3.63) is 24.3 Å². The molecule has 2 aliphatic rings. The quantitative estimate of drug-likeness (QED) is 0.840. The Labute approximate surface area is 143 Å². The first-order valence-corrected chi connectivity index (χ1v) is 8.41. The number of imide groups is 1. The van der Waals surface area contributed by atoms with Crippen LogP contribution >= 0.6 is 0 Å². The number of anilines is 1. The van der Waals surface area contributed by atoms with E-state index in [0.717, 1.165) is 42.7 Å². The SMILES string of the molecule is O=C1C[C@@H]([NH2+]C2CCCCC2)C(=O)N1c1ccc(OC(F)(F)F)cc1. The molecule has 0 spiro atoms. The largest absolute Gasteiger partial charge is 0.573 e. The summed E-state index contributed by atoms with van der Waals surface area (Å²) in [6.07, 6.45) is 0.918. The first-order valence-electron chi connectivity index (χ1n) is 8.41. The van der Waals surface area contributed by atoms with E-state index in [4.69, 9.17) is 0 Å². The fourth-order valence-electron chi connectivity index (χ4n) is 3.53. The number of halogens is 3. The van der Waals surface area contributed by atoms with E-state index < -0.39 is 12.4 Å². The van der Waals surface area contributed by atoms with Crippen LogP contribution in [0.1, 0.15) is 38.5 Å². The third-order valence-corrected chi connectivity index (χ3v) is 4.66. The predicted octanol–water partition coefficient (Wildman–Crippen LogP) is 2.11. The van der Waals surface area contributed by atoms with Gasteiger partial charge in [-0.15, -0.1) is 13.2 Å². The minimum absolute atomic E-state index is 0.121. The summed E-state index contributed by atoms with van der Waals surface area (Å²) < 4.78 is 40.4. The Balaban J connectivity index is 1.67. The molecule has 1 heterocycles. The molecule has 3 rings (SSSR count). The molecule has 1 aromatic rings. The summed E-state index contributed by atoms with van der Waals surface area (Å²) in [4.78, 5) is 25.8. The number of nitrogens with zero attached hydrogens (tertiary/aromatic N) is 1. The van der Waals surface area contributed by atoms with Crippen LogP contribution in [0.25, 0.3) is 0 Å². The van der Waals surface area contributed by atoms with Crippen molar-refractivity contribution in [2.24, 2.45) is 0 Å². The van der Waals surface area contributed by atoms with E-state index in [-0.39, 0.29) is 29.7 Å². The second kappa shape index (κ2) is 7.03. The molecule has 1 saturated carbocycles. The highest BCUT2D eigenvalue weighted by molar-refractivity contribution is 6.21. The lowest BCUT2D eigenvalue weighted by atomic mass is 9.95. The molecule has 1 aliphatic heterocycles. The van der Waals surface area contributed by atoms with E-state index >= 15 is 0 Å². The number of carbonyl (C=O) groups excluding carboxylic acids is 2. The van der Waals surface area contributed by atoms with Gasteiger partial charge in [0.05, 0.1) is 18.2 Å². The van der Waals surface area contributed by atoms with Crippen molar-refractivity contribution < 1.29 is 32.8 Å². The lowest BCUT2D eigenvalue weighted by Gasteiger charge is -2.22. The molecule has 0 radical (unpaired) electrons. The van der Waals surface area contributed by atoms with Crippen LogP contribution in [0, 0.1) is 0 Å². The number of hydrogen-bond donors (Lipinski definition) is 1. The molecular weight excluding hydrogens is 337 g/mol. The Bertz CT molecular complexity index is 640. The Morgan fingerprint density at radius 1 is 1.04 bits per heavy atom. The highest BCUT2D eigenvalue weighted by atomic mass is 19.4. The van der Waals surface area contributed by atoms with Gasteiger partial charge < -0.3 is 10.1 Å². The fraction of sp³-hybridized carbons (Fsp3) is 0.529. The fourth-order valence-corrected chi connectivity index (χ4v) is 3.53. The van der Waals surface area contributed by atoms with Crippen molar-refractivity contribution in [1.29, 1.82) is 0 Å². The molecule has 8 heteroatoms. The van der Waals surface area contributed by atoms with Gasteiger partial charge in [-0.05, 0) is 49.9 Å². The molecule has 5 nitrogen and oxygen atoms in total. The van der Waals surface area contributed by atoms with Gasteiger partial charge in [0.2, 0.25) is 5.91 Å². The van der Waals surface area contributed by atoms with Gasteiger partial charge in [-0.2, -0.15) is 0 Å². The van der Waals surface area contributed by atoms with Gasteiger partial charge in [-0.3, -0.25) is 9.59 Å². The molecule has 2 N–H and O–H groups in total. The zero-order chi connectivity index (χ0) is 18.0. The zero-order valence-electron chi connectivity index (χ0n) is 13.6. The minimum atomic E-state index is -4.78. The van der Waals surface area contributed by atoms with Crippen molar-refractivity contribution in [2.45, 2.75) is 57.0 Å². The molecule has 1 aliphatic carbocycles. The molecule has 0 unspecified atom stereocenters. The Morgan fingerprint density at radius 2 is 1.68 bits per heavy atom. The van der Waals surface area contributed by atoms with Crippen molar-refractivity contribution in [3.63, 3.8) is 0 Å². The molecule has 25 heavy (non-hydrogen) atoms. The number of carbonyl (C=O) groups is 2. The molecule has 0 bridgehead atoms. The van der Waals surface area contributed by atoms with Crippen LogP contribution in [0.2, 0.25) is 0 Å². The Hall–Kier alpha value is -2.09. The normalized spacial score (nSPS) is 22.5. The third-order valence-electron chi connectivity index (χ3n) is 4.66. The maximum Gasteiger partial charge on any atom is 0.573 e. The Kier molecular flexibility index (Phi) is 4.99. The summed E-state index contributed by atoms with van der Waals surface area (Å²) in [6, 6.07) is 4.70. The average molecular weight is 357 g/mol. The molecule has 1 aromatic carbocycles. The first-order chi connectivity index (χ1) is 11.8. The van der Waals surface area contributed by atoms with E-state index in [1.54, 1.807) is 0 Å². The van der Waals surface area contributed by atoms with Crippen LogP contribution in [0.15, 0.2) is 24.3 Å². The van der Waals surface area contributed by atoms with Crippen LogP contribution in [-0.4, -0.2) is 30.3 Å². The van der Waals surface area contributed by atoms with Gasteiger partial charge >= 0.3 is 6.36 Å². The summed E-state index contributed by atoms with van der Waals surface area (Å²) in [5, 5.41) is 1.99. The molecule has 1 atom stereocenters. The number of ether oxygens (including phenoxy) is 1. The van der Waals surface area contributed by atoms with Gasteiger partial charge in [0.1, 0.15) is 5.75 Å². The number of hydrogen-bond acceptors (Lipinski definition) is 3. The van der Waals surface area contributed by atoms with E-state index in [1.807, 2.05) is 5.32 Å². The number of nitrogens with two attached hydrogens (primary N) is 1. The molecule has 1 saturated heterocycles. The van der Waals surface area contributed by atoms with Crippen LogP contribution in [0.5, 0.6) is 5.75 Å². The molecular formula is C17H20F3N2O3+. The van der Waals surface area contributed by atoms with Crippen LogP contribution in [0.3, 0.4) is 0 Å². The van der Waals surface area contributed by atoms with Crippen molar-refractivity contribution >= 4 is 17.5 Å². The number of amides is 2. The summed E-state index contributed by atoms with van der Waals surface area (Å²) in [5.74, 6) is -1.02. The van der Waals surface area contributed by atoms with Gasteiger partial charge in [0.25, 0.3) is 5.91 Å². The van der Waals surface area contributed by atoms with E-state index in [2.05, 4.69) is 4.74 Å². The Morgan fingerprint density at radius 3 is 2.28 bits per heavy atom. The topological polar surface area (TPSA) is 63.2 Å². The summed E-state index contributed by atoms with van der Waals surface area (Å²) >= 11 is 0. The maximum atomic E-state index is 12.6. The second-order valence-electron chi connectivity index (χ2n) is 6.51. The third kappa shape index (κ3) is 4.31. The summed E-state index contributed by atoms with van der Waals surface area (Å²) in [6.45, 7) is 0. The van der Waals surface area contributed by atoms with Crippen molar-refractivity contribution in [3.8, 4) is 5.75 Å². The van der Waals surface area contributed by atoms with E-state index in [0.29, 0.717) is 6.04 Å². The summed E-state index contributed by atoms with van der Waals surface area (Å²) in [5.41, 5.74) is 0.268. The highest BCUT2D eigenvalue weighted by Crippen LogP contribution is 2.27. The van der Waals surface area contributed by atoms with Crippen molar-refractivity contribution in [1.82, 2.24) is 0 Å². The number of quaternary nitrogens is 1. The van der Waals surface area contributed by atoms with Crippen LogP contribution in [-0.2, 0) is 9.59 Å². The lowest BCUT2D eigenvalue weighted by molar-refractivity contribution is -0.710. The highest BCUT2D eigenvalue weighted by Gasteiger charge is 2.43. The zero-order valence-corrected chi connectivity index (χ0v) is 13.6. The number of rotatable bonds is 4. The van der Waals surface area contributed by atoms with Gasteiger partial charge in [0.15, 0.2) is 6.04 Å². The van der Waals surface area contributed by atoms with E-state index in [9.17, 15) is 22.8 Å². The second-order valence-corrected chi connectivity index (χ2v) is 6.51. The molecule has 0 aromatic heterocycles. The summed E-state index contributed by atoms with van der Waals surface area (Å²) in [7, 11) is 0. The monoisotopic (exact) mass is 357 g/mol. The predicted molar refractivity (Wildman–Crippen MR) is 82.8 cm³/mol. The standard InChI is InChI=1S/C17H19F3N2O3/c18-17(19,20)25-13-8-6-12(7-9-13)22-15(23)10-14(16(22)24)21-11-4-2-1-3-5-11/h6-9,11,14,21H,1-5,10H2/p+1/t14-/m1/s1. The van der Waals surface area contributed by atoms with Gasteiger partial charge in [-0.1, -0.05) is 6.42 Å². The lowest BCUT2D eigenvalue weighted by Crippen LogP contribution is -2.96. The number of alkyl halides is 3. The smallest absolute Gasteiger partial charge is 0.406 e. The first kappa shape index (κ1) is 17.7.